The van der Waals surface area contributed by atoms with Gasteiger partial charge >= 0.3 is 17.8 Å². The number of aliphatic hydroxyl groups excluding tert-OH is 1. The molecule has 0 spiro atoms. The summed E-state index contributed by atoms with van der Waals surface area (Å²) in [6.07, 6.45) is -5.71. The van der Waals surface area contributed by atoms with E-state index in [0.717, 1.165) is 23.8 Å². The fraction of sp³-hybridized carbons (Fsp3) is 0.250. The summed E-state index contributed by atoms with van der Waals surface area (Å²) in [7, 11) is 1.14. The molecule has 12 heteroatoms. The van der Waals surface area contributed by atoms with Crippen molar-refractivity contribution >= 4 is 17.6 Å². The maximum atomic E-state index is 13.4. The number of hydrogen-bond acceptors (Lipinski definition) is 7. The van der Waals surface area contributed by atoms with Gasteiger partial charge in [-0.25, -0.2) is 19.3 Å². The molecular formula is C24H20F3N5O4. The molecule has 1 aliphatic rings. The van der Waals surface area contributed by atoms with Gasteiger partial charge in [-0.05, 0) is 55.3 Å². The van der Waals surface area contributed by atoms with Crippen LogP contribution in [0.25, 0.3) is 0 Å². The van der Waals surface area contributed by atoms with Gasteiger partial charge in [-0.15, -0.1) is 5.10 Å². The molecule has 0 fully saturated rings. The average molecular weight is 499 g/mol. The Bertz CT molecular complexity index is 1480. The third-order valence-corrected chi connectivity index (χ3v) is 5.94. The highest BCUT2D eigenvalue weighted by Crippen LogP contribution is 2.44. The average Bonchev–Trinajstić information content (AvgIpc) is 3.22. The molecule has 1 aromatic heterocycles. The van der Waals surface area contributed by atoms with Crippen LogP contribution in [0.15, 0.2) is 58.5 Å². The van der Waals surface area contributed by atoms with Crippen LogP contribution in [0.4, 0.5) is 24.8 Å². The SMILES string of the molecule is COC(=O)C1=C(C)N(c2cccc(C(F)(F)F)c2)c2n[nH]c(=O)n2[C@@H]1c1ccc(C#N)cc1[C@H](C)O. The summed E-state index contributed by atoms with van der Waals surface area (Å²) in [5.41, 5.74) is -0.716. The van der Waals surface area contributed by atoms with Gasteiger partial charge in [-0.2, -0.15) is 18.4 Å². The van der Waals surface area contributed by atoms with Crippen molar-refractivity contribution in [1.29, 1.82) is 5.26 Å². The minimum absolute atomic E-state index is 0.0120. The number of hydrogen-bond donors (Lipinski definition) is 2. The number of rotatable bonds is 4. The van der Waals surface area contributed by atoms with Crippen LogP contribution in [-0.4, -0.2) is 33.0 Å². The van der Waals surface area contributed by atoms with E-state index in [9.17, 15) is 33.1 Å². The minimum Gasteiger partial charge on any atom is -0.466 e. The molecule has 1 aliphatic heterocycles. The van der Waals surface area contributed by atoms with Crippen molar-refractivity contribution in [2.45, 2.75) is 32.2 Å². The van der Waals surface area contributed by atoms with Crippen molar-refractivity contribution in [3.05, 3.63) is 86.5 Å². The van der Waals surface area contributed by atoms with Gasteiger partial charge in [0.25, 0.3) is 0 Å². The van der Waals surface area contributed by atoms with Crippen LogP contribution < -0.4 is 10.6 Å². The van der Waals surface area contributed by atoms with E-state index in [4.69, 9.17) is 4.74 Å². The van der Waals surface area contributed by atoms with Crippen molar-refractivity contribution in [2.24, 2.45) is 0 Å². The summed E-state index contributed by atoms with van der Waals surface area (Å²) >= 11 is 0. The first-order valence-electron chi connectivity index (χ1n) is 10.6. The first-order valence-corrected chi connectivity index (χ1v) is 10.6. The highest BCUT2D eigenvalue weighted by molar-refractivity contribution is 5.93. The molecule has 36 heavy (non-hydrogen) atoms. The molecule has 2 aromatic carbocycles. The van der Waals surface area contributed by atoms with E-state index >= 15 is 0 Å². The largest absolute Gasteiger partial charge is 0.466 e. The number of aliphatic hydroxyl groups is 1. The Kier molecular flexibility index (Phi) is 6.19. The van der Waals surface area contributed by atoms with Gasteiger partial charge in [0, 0.05) is 11.4 Å². The number of benzene rings is 2. The number of methoxy groups -OCH3 is 1. The van der Waals surface area contributed by atoms with Crippen molar-refractivity contribution in [3.63, 3.8) is 0 Å². The summed E-state index contributed by atoms with van der Waals surface area (Å²) in [6, 6.07) is 9.61. The molecule has 0 saturated heterocycles. The fourth-order valence-corrected chi connectivity index (χ4v) is 4.33. The molecule has 2 atom stereocenters. The molecule has 0 bridgehead atoms. The molecule has 0 amide bonds. The number of nitriles is 1. The molecule has 2 N–H and O–H groups in total. The van der Waals surface area contributed by atoms with E-state index in [1.165, 1.54) is 49.1 Å². The first-order chi connectivity index (χ1) is 17.0. The van der Waals surface area contributed by atoms with Crippen LogP contribution in [0.2, 0.25) is 0 Å². The van der Waals surface area contributed by atoms with Crippen molar-refractivity contribution in [2.75, 3.05) is 12.0 Å². The van der Waals surface area contributed by atoms with Gasteiger partial charge in [0.1, 0.15) is 6.04 Å². The Morgan fingerprint density at radius 3 is 2.61 bits per heavy atom. The maximum absolute atomic E-state index is 13.4. The fourth-order valence-electron chi connectivity index (χ4n) is 4.33. The molecule has 3 aromatic rings. The van der Waals surface area contributed by atoms with E-state index in [0.29, 0.717) is 5.56 Å². The van der Waals surface area contributed by atoms with Gasteiger partial charge in [0.2, 0.25) is 5.95 Å². The zero-order chi connectivity index (χ0) is 26.4. The number of carbonyl (C=O) groups excluding carboxylic acids is 1. The van der Waals surface area contributed by atoms with Crippen molar-refractivity contribution < 1.29 is 27.8 Å². The van der Waals surface area contributed by atoms with Crippen LogP contribution in [0.3, 0.4) is 0 Å². The van der Waals surface area contributed by atoms with Gasteiger partial charge in [0.15, 0.2) is 0 Å². The van der Waals surface area contributed by atoms with Crippen LogP contribution in [0, 0.1) is 11.3 Å². The lowest BCUT2D eigenvalue weighted by atomic mass is 9.88. The van der Waals surface area contributed by atoms with Crippen LogP contribution in [-0.2, 0) is 15.7 Å². The summed E-state index contributed by atoms with van der Waals surface area (Å²) in [5.74, 6) is -0.912. The Morgan fingerprint density at radius 2 is 2.00 bits per heavy atom. The monoisotopic (exact) mass is 499 g/mol. The third-order valence-electron chi connectivity index (χ3n) is 5.94. The minimum atomic E-state index is -4.63. The molecule has 0 unspecified atom stereocenters. The molecule has 186 valence electrons. The number of fused-ring (bicyclic) bond motifs is 1. The molecule has 2 heterocycles. The lowest BCUT2D eigenvalue weighted by Gasteiger charge is -2.36. The second-order valence-corrected chi connectivity index (χ2v) is 8.11. The molecule has 9 nitrogen and oxygen atoms in total. The Morgan fingerprint density at radius 1 is 1.28 bits per heavy atom. The van der Waals surface area contributed by atoms with Crippen LogP contribution in [0.5, 0.6) is 0 Å². The standard InChI is InChI=1S/C24H20F3N5O4/c1-12-19(21(34)36-3)20(17-8-7-14(11-28)9-18(17)13(2)33)32-22(29-30-23(32)35)31(12)16-6-4-5-15(10-16)24(25,26)27/h4-10,13,20,33H,1-3H3,(H,30,35)/t13-,20+/m0/s1. The summed E-state index contributed by atoms with van der Waals surface area (Å²) in [5, 5.41) is 26.1. The van der Waals surface area contributed by atoms with E-state index < -0.39 is 35.5 Å². The quantitative estimate of drug-likeness (QED) is 0.525. The Labute approximate surface area is 202 Å². The molecule has 0 saturated carbocycles. The van der Waals surface area contributed by atoms with Crippen LogP contribution in [0.1, 0.15) is 48.2 Å². The lowest BCUT2D eigenvalue weighted by Crippen LogP contribution is -2.38. The van der Waals surface area contributed by atoms with Gasteiger partial charge in [-0.1, -0.05) is 12.1 Å². The number of H-pyrrole nitrogens is 1. The Hall–Kier alpha value is -4.37. The van der Waals surface area contributed by atoms with Gasteiger partial charge < -0.3 is 9.84 Å². The molecule has 0 aliphatic carbocycles. The summed E-state index contributed by atoms with van der Waals surface area (Å²) < 4.78 is 46.4. The number of aromatic amines is 1. The number of nitrogens with zero attached hydrogens (tertiary/aromatic N) is 4. The number of ether oxygens (including phenoxy) is 1. The van der Waals surface area contributed by atoms with Crippen LogP contribution >= 0.6 is 0 Å². The number of allylic oxidation sites excluding steroid dienone is 1. The summed E-state index contributed by atoms with van der Waals surface area (Å²) in [4.78, 5) is 27.3. The third kappa shape index (κ3) is 4.03. The lowest BCUT2D eigenvalue weighted by molar-refractivity contribution is -0.138. The van der Waals surface area contributed by atoms with E-state index in [1.54, 1.807) is 0 Å². The predicted molar refractivity (Wildman–Crippen MR) is 121 cm³/mol. The van der Waals surface area contributed by atoms with E-state index in [-0.39, 0.29) is 34.0 Å². The first kappa shape index (κ1) is 24.7. The predicted octanol–water partition coefficient (Wildman–Crippen LogP) is 3.70. The van der Waals surface area contributed by atoms with Crippen molar-refractivity contribution in [3.8, 4) is 6.07 Å². The van der Waals surface area contributed by atoms with Gasteiger partial charge in [0.05, 0.1) is 36.0 Å². The second kappa shape index (κ2) is 9.01. The normalized spacial score (nSPS) is 16.4. The number of halogens is 3. The molecule has 0 radical (unpaired) electrons. The number of esters is 1. The summed E-state index contributed by atoms with van der Waals surface area (Å²) in [6.45, 7) is 2.96. The van der Waals surface area contributed by atoms with Gasteiger partial charge in [-0.3, -0.25) is 4.90 Å². The Balaban J connectivity index is 2.05. The zero-order valence-electron chi connectivity index (χ0n) is 19.3. The smallest absolute Gasteiger partial charge is 0.416 e. The van der Waals surface area contributed by atoms with E-state index in [2.05, 4.69) is 10.2 Å². The topological polar surface area (TPSA) is 124 Å². The highest BCUT2D eigenvalue weighted by atomic mass is 19.4. The number of alkyl halides is 3. The number of anilines is 2. The molecular weight excluding hydrogens is 479 g/mol. The molecule has 4 rings (SSSR count). The number of carbonyl (C=O) groups is 1. The maximum Gasteiger partial charge on any atom is 0.416 e. The van der Waals surface area contributed by atoms with Crippen molar-refractivity contribution in [1.82, 2.24) is 14.8 Å². The zero-order valence-corrected chi connectivity index (χ0v) is 19.3. The van der Waals surface area contributed by atoms with E-state index in [1.807, 2.05) is 6.07 Å². The second-order valence-electron chi connectivity index (χ2n) is 8.11. The number of aromatic nitrogens is 3. The highest BCUT2D eigenvalue weighted by Gasteiger charge is 2.41. The number of nitrogens with one attached hydrogen (secondary N) is 1.